The van der Waals surface area contributed by atoms with Gasteiger partial charge in [0.2, 0.25) is 0 Å². The lowest BCUT2D eigenvalue weighted by molar-refractivity contribution is -0.0773. The Morgan fingerprint density at radius 2 is 2.19 bits per heavy atom. The molecule has 0 aliphatic carbocycles. The molecule has 1 atom stereocenters. The van der Waals surface area contributed by atoms with Crippen molar-refractivity contribution in [1.29, 1.82) is 0 Å². The van der Waals surface area contributed by atoms with Crippen LogP contribution >= 0.6 is 0 Å². The number of nitrogens with zero attached hydrogens (tertiary/aromatic N) is 1. The minimum absolute atomic E-state index is 0.522. The Labute approximate surface area is 98.0 Å². The molecule has 2 rings (SSSR count). The van der Waals surface area contributed by atoms with Gasteiger partial charge >= 0.3 is 0 Å². The summed E-state index contributed by atoms with van der Waals surface area (Å²) < 4.78 is 5.29. The number of likely N-dealkylation sites (N-methyl/N-ethyl adjacent to an activating group) is 1. The zero-order valence-electron chi connectivity index (χ0n) is 10.2. The van der Waals surface area contributed by atoms with E-state index in [1.54, 1.807) is 0 Å². The molecule has 0 amide bonds. The Morgan fingerprint density at radius 1 is 1.44 bits per heavy atom. The summed E-state index contributed by atoms with van der Waals surface area (Å²) in [5.74, 6) is 0. The van der Waals surface area contributed by atoms with Gasteiger partial charge in [0, 0.05) is 45.2 Å². The predicted molar refractivity (Wildman–Crippen MR) is 63.5 cm³/mol. The largest absolute Gasteiger partial charge is 0.388 e. The van der Waals surface area contributed by atoms with Crippen LogP contribution in [0.15, 0.2) is 0 Å². The number of ether oxygens (including phenoxy) is 1. The minimum Gasteiger partial charge on any atom is -0.388 e. The molecular weight excluding hydrogens is 204 g/mol. The first-order valence-electron chi connectivity index (χ1n) is 6.40. The molecule has 2 aliphatic rings. The average molecular weight is 228 g/mol. The van der Waals surface area contributed by atoms with Crippen LogP contribution in [0.3, 0.4) is 0 Å². The van der Waals surface area contributed by atoms with Gasteiger partial charge in [-0.15, -0.1) is 0 Å². The van der Waals surface area contributed by atoms with Gasteiger partial charge in [0.15, 0.2) is 0 Å². The van der Waals surface area contributed by atoms with Crippen LogP contribution in [0.4, 0.5) is 0 Å². The lowest BCUT2D eigenvalue weighted by Crippen LogP contribution is -2.48. The normalized spacial score (nSPS) is 29.8. The molecule has 16 heavy (non-hydrogen) atoms. The van der Waals surface area contributed by atoms with Crippen molar-refractivity contribution < 1.29 is 9.84 Å². The van der Waals surface area contributed by atoms with E-state index in [0.29, 0.717) is 19.3 Å². The molecule has 0 bridgehead atoms. The van der Waals surface area contributed by atoms with Crippen molar-refractivity contribution >= 4 is 0 Å². The van der Waals surface area contributed by atoms with E-state index in [4.69, 9.17) is 4.74 Å². The molecular formula is C12H24N2O2. The van der Waals surface area contributed by atoms with E-state index < -0.39 is 5.60 Å². The fourth-order valence-electron chi connectivity index (χ4n) is 2.77. The van der Waals surface area contributed by atoms with E-state index in [1.807, 2.05) is 0 Å². The van der Waals surface area contributed by atoms with E-state index >= 15 is 0 Å². The molecule has 2 saturated heterocycles. The first-order chi connectivity index (χ1) is 7.68. The zero-order chi connectivity index (χ0) is 11.4. The molecule has 1 unspecified atom stereocenters. The number of nitrogens with one attached hydrogen (secondary N) is 1. The number of hydrogen-bond acceptors (Lipinski definition) is 4. The summed E-state index contributed by atoms with van der Waals surface area (Å²) >= 11 is 0. The smallest absolute Gasteiger partial charge is 0.0817 e. The Hall–Kier alpha value is -0.160. The molecule has 0 spiro atoms. The molecule has 0 saturated carbocycles. The lowest BCUT2D eigenvalue weighted by Gasteiger charge is -2.36. The second kappa shape index (κ2) is 5.45. The fraction of sp³-hybridized carbons (Fsp3) is 1.00. The standard InChI is InChI=1S/C12H24N2O2/c1-14(9-11-3-2-6-13-11)10-12(15)4-7-16-8-5-12/h11,13,15H,2-10H2,1H3. The molecule has 4 nitrogen and oxygen atoms in total. The molecule has 2 aliphatic heterocycles. The van der Waals surface area contributed by atoms with E-state index in [1.165, 1.54) is 12.8 Å². The molecule has 2 N–H and O–H groups in total. The van der Waals surface area contributed by atoms with Gasteiger partial charge in [0.25, 0.3) is 0 Å². The van der Waals surface area contributed by atoms with E-state index in [-0.39, 0.29) is 0 Å². The van der Waals surface area contributed by atoms with Gasteiger partial charge < -0.3 is 20.1 Å². The van der Waals surface area contributed by atoms with Crippen molar-refractivity contribution in [3.8, 4) is 0 Å². The van der Waals surface area contributed by atoms with Crippen LogP contribution in [-0.2, 0) is 4.74 Å². The summed E-state index contributed by atoms with van der Waals surface area (Å²) in [5, 5.41) is 13.9. The maximum absolute atomic E-state index is 10.4. The lowest BCUT2D eigenvalue weighted by atomic mass is 9.94. The first kappa shape index (κ1) is 12.3. The predicted octanol–water partition coefficient (Wildman–Crippen LogP) is 0.212. The Morgan fingerprint density at radius 3 is 2.81 bits per heavy atom. The third kappa shape index (κ3) is 3.42. The topological polar surface area (TPSA) is 44.7 Å². The van der Waals surface area contributed by atoms with E-state index in [9.17, 15) is 5.11 Å². The number of aliphatic hydroxyl groups is 1. The van der Waals surface area contributed by atoms with Crippen molar-refractivity contribution in [1.82, 2.24) is 10.2 Å². The van der Waals surface area contributed by atoms with Crippen molar-refractivity contribution in [3.05, 3.63) is 0 Å². The molecule has 2 heterocycles. The van der Waals surface area contributed by atoms with Crippen LogP contribution in [0.5, 0.6) is 0 Å². The maximum atomic E-state index is 10.4. The van der Waals surface area contributed by atoms with Crippen LogP contribution in [-0.4, -0.2) is 61.5 Å². The van der Waals surface area contributed by atoms with Crippen LogP contribution in [0.1, 0.15) is 25.7 Å². The van der Waals surface area contributed by atoms with Crippen molar-refractivity contribution in [3.63, 3.8) is 0 Å². The summed E-state index contributed by atoms with van der Waals surface area (Å²) in [4.78, 5) is 2.26. The van der Waals surface area contributed by atoms with Gasteiger partial charge in [-0.2, -0.15) is 0 Å². The zero-order valence-corrected chi connectivity index (χ0v) is 10.2. The number of rotatable bonds is 4. The molecule has 4 heteroatoms. The SMILES string of the molecule is CN(CC1CCCN1)CC1(O)CCOCC1. The monoisotopic (exact) mass is 228 g/mol. The summed E-state index contributed by atoms with van der Waals surface area (Å²) in [6, 6.07) is 0.619. The highest BCUT2D eigenvalue weighted by atomic mass is 16.5. The Kier molecular flexibility index (Phi) is 4.19. The van der Waals surface area contributed by atoms with Crippen molar-refractivity contribution in [2.24, 2.45) is 0 Å². The van der Waals surface area contributed by atoms with Gasteiger partial charge in [-0.05, 0) is 26.4 Å². The molecule has 0 aromatic carbocycles. The summed E-state index contributed by atoms with van der Waals surface area (Å²) in [7, 11) is 2.10. The Balaban J connectivity index is 1.74. The first-order valence-corrected chi connectivity index (χ1v) is 6.40. The third-order valence-corrected chi connectivity index (χ3v) is 3.68. The van der Waals surface area contributed by atoms with Gasteiger partial charge in [-0.25, -0.2) is 0 Å². The highest BCUT2D eigenvalue weighted by Gasteiger charge is 2.31. The summed E-state index contributed by atoms with van der Waals surface area (Å²) in [6.07, 6.45) is 4.10. The molecule has 94 valence electrons. The minimum atomic E-state index is -0.522. The third-order valence-electron chi connectivity index (χ3n) is 3.68. The summed E-state index contributed by atoms with van der Waals surface area (Å²) in [6.45, 7) is 4.37. The van der Waals surface area contributed by atoms with Gasteiger partial charge in [-0.3, -0.25) is 0 Å². The Bertz CT molecular complexity index is 211. The summed E-state index contributed by atoms with van der Waals surface area (Å²) in [5.41, 5.74) is -0.522. The fourth-order valence-corrected chi connectivity index (χ4v) is 2.77. The van der Waals surface area contributed by atoms with Crippen LogP contribution in [0.25, 0.3) is 0 Å². The second-order valence-electron chi connectivity index (χ2n) is 5.33. The van der Waals surface area contributed by atoms with Crippen molar-refractivity contribution in [2.45, 2.75) is 37.3 Å². The highest BCUT2D eigenvalue weighted by Crippen LogP contribution is 2.21. The van der Waals surface area contributed by atoms with Crippen molar-refractivity contribution in [2.75, 3.05) is 39.9 Å². The van der Waals surface area contributed by atoms with Crippen LogP contribution < -0.4 is 5.32 Å². The second-order valence-corrected chi connectivity index (χ2v) is 5.33. The highest BCUT2D eigenvalue weighted by molar-refractivity contribution is 4.86. The van der Waals surface area contributed by atoms with Gasteiger partial charge in [-0.1, -0.05) is 0 Å². The van der Waals surface area contributed by atoms with Crippen LogP contribution in [0, 0.1) is 0 Å². The molecule has 0 aromatic heterocycles. The van der Waals surface area contributed by atoms with E-state index in [0.717, 1.165) is 32.5 Å². The van der Waals surface area contributed by atoms with Crippen LogP contribution in [0.2, 0.25) is 0 Å². The molecule has 0 radical (unpaired) electrons. The average Bonchev–Trinajstić information content (AvgIpc) is 2.70. The van der Waals surface area contributed by atoms with Gasteiger partial charge in [0.1, 0.15) is 0 Å². The number of hydrogen-bond donors (Lipinski definition) is 2. The quantitative estimate of drug-likeness (QED) is 0.722. The maximum Gasteiger partial charge on any atom is 0.0817 e. The molecule has 0 aromatic rings. The van der Waals surface area contributed by atoms with E-state index in [2.05, 4.69) is 17.3 Å². The van der Waals surface area contributed by atoms with Gasteiger partial charge in [0.05, 0.1) is 5.60 Å². The molecule has 2 fully saturated rings.